The lowest BCUT2D eigenvalue weighted by molar-refractivity contribution is -0.137. The summed E-state index contributed by atoms with van der Waals surface area (Å²) in [6.45, 7) is -0.461. The number of benzene rings is 3. The first kappa shape index (κ1) is 22.9. The smallest absolute Gasteiger partial charge is 0.416 e. The number of carbonyl (C=O) groups is 1. The molecular formula is C25H18F3NO5. The zero-order chi connectivity index (χ0) is 24.3. The van der Waals surface area contributed by atoms with Gasteiger partial charge in [0, 0.05) is 17.3 Å². The fraction of sp³-hybridized carbons (Fsp3) is 0.120. The summed E-state index contributed by atoms with van der Waals surface area (Å²) in [5.41, 5.74) is -0.147. The summed E-state index contributed by atoms with van der Waals surface area (Å²) in [6.07, 6.45) is -4.52. The molecule has 4 aromatic rings. The molecule has 174 valence electrons. The van der Waals surface area contributed by atoms with Gasteiger partial charge in [0.2, 0.25) is 0 Å². The summed E-state index contributed by atoms with van der Waals surface area (Å²) in [5, 5.41) is 2.61. The van der Waals surface area contributed by atoms with E-state index in [1.807, 2.05) is 0 Å². The van der Waals surface area contributed by atoms with Crippen LogP contribution in [0.3, 0.4) is 0 Å². The van der Waals surface area contributed by atoms with E-state index in [9.17, 15) is 22.8 Å². The van der Waals surface area contributed by atoms with Crippen LogP contribution in [0.2, 0.25) is 0 Å². The number of anilines is 1. The monoisotopic (exact) mass is 469 g/mol. The van der Waals surface area contributed by atoms with Crippen molar-refractivity contribution in [2.24, 2.45) is 0 Å². The second-order valence-electron chi connectivity index (χ2n) is 7.28. The molecule has 0 saturated carbocycles. The van der Waals surface area contributed by atoms with Crippen LogP contribution in [0.4, 0.5) is 18.9 Å². The van der Waals surface area contributed by atoms with Gasteiger partial charge < -0.3 is 19.2 Å². The maximum absolute atomic E-state index is 12.8. The molecule has 1 N–H and O–H groups in total. The molecule has 1 heterocycles. The topological polar surface area (TPSA) is 77.8 Å². The van der Waals surface area contributed by atoms with E-state index < -0.39 is 24.3 Å². The Balaban J connectivity index is 1.46. The van der Waals surface area contributed by atoms with Crippen molar-refractivity contribution in [2.45, 2.75) is 6.18 Å². The van der Waals surface area contributed by atoms with Crippen LogP contribution in [0.5, 0.6) is 11.5 Å². The molecule has 0 unspecified atom stereocenters. The molecule has 1 amide bonds. The molecule has 0 saturated heterocycles. The lowest BCUT2D eigenvalue weighted by Crippen LogP contribution is -2.20. The Morgan fingerprint density at radius 3 is 2.41 bits per heavy atom. The summed E-state index contributed by atoms with van der Waals surface area (Å²) in [7, 11) is 1.56. The van der Waals surface area contributed by atoms with Gasteiger partial charge in [-0.05, 0) is 60.7 Å². The van der Waals surface area contributed by atoms with Crippen LogP contribution in [0.15, 0.2) is 82.0 Å². The average Bonchev–Trinajstić information content (AvgIpc) is 2.82. The lowest BCUT2D eigenvalue weighted by Gasteiger charge is -2.11. The van der Waals surface area contributed by atoms with Gasteiger partial charge in [0.1, 0.15) is 22.8 Å². The van der Waals surface area contributed by atoms with Crippen molar-refractivity contribution in [3.8, 4) is 22.8 Å². The summed E-state index contributed by atoms with van der Waals surface area (Å²) in [4.78, 5) is 24.7. The number of alkyl halides is 3. The molecule has 1 aromatic heterocycles. The maximum atomic E-state index is 12.8. The predicted molar refractivity (Wildman–Crippen MR) is 120 cm³/mol. The summed E-state index contributed by atoms with van der Waals surface area (Å²) in [5.74, 6) is 0.637. The lowest BCUT2D eigenvalue weighted by atomic mass is 10.1. The van der Waals surface area contributed by atoms with Crippen LogP contribution in [0.1, 0.15) is 5.56 Å². The first-order chi connectivity index (χ1) is 16.2. The van der Waals surface area contributed by atoms with Crippen LogP contribution in [0, 0.1) is 0 Å². The molecule has 3 aromatic carbocycles. The van der Waals surface area contributed by atoms with Crippen molar-refractivity contribution in [1.29, 1.82) is 0 Å². The van der Waals surface area contributed by atoms with E-state index in [0.29, 0.717) is 22.7 Å². The Bertz CT molecular complexity index is 1390. The van der Waals surface area contributed by atoms with E-state index in [0.717, 1.165) is 12.1 Å². The highest BCUT2D eigenvalue weighted by molar-refractivity contribution is 5.92. The van der Waals surface area contributed by atoms with Crippen molar-refractivity contribution < 1.29 is 31.9 Å². The third kappa shape index (κ3) is 5.20. The predicted octanol–water partition coefficient (Wildman–Crippen LogP) is 5.50. The molecule has 0 aliphatic carbocycles. The van der Waals surface area contributed by atoms with Crippen molar-refractivity contribution in [2.75, 3.05) is 19.0 Å². The summed E-state index contributed by atoms with van der Waals surface area (Å²) in [6, 6.07) is 17.2. The van der Waals surface area contributed by atoms with Gasteiger partial charge in [-0.25, -0.2) is 0 Å². The van der Waals surface area contributed by atoms with Gasteiger partial charge in [-0.15, -0.1) is 0 Å². The number of methoxy groups -OCH3 is 1. The molecule has 0 spiro atoms. The van der Waals surface area contributed by atoms with Gasteiger partial charge in [0.25, 0.3) is 5.91 Å². The molecule has 6 nitrogen and oxygen atoms in total. The van der Waals surface area contributed by atoms with Crippen LogP contribution < -0.4 is 20.2 Å². The molecule has 0 atom stereocenters. The Hall–Kier alpha value is -4.27. The van der Waals surface area contributed by atoms with Crippen molar-refractivity contribution in [1.82, 2.24) is 0 Å². The second kappa shape index (κ2) is 9.30. The van der Waals surface area contributed by atoms with E-state index in [1.165, 1.54) is 30.3 Å². The molecule has 9 heteroatoms. The SMILES string of the molecule is COc1ccc(-c2cc(=O)c3cc(OCC(=O)Nc4cccc(C(F)(F)F)c4)ccc3o2)cc1. The normalized spacial score (nSPS) is 11.3. The molecule has 0 radical (unpaired) electrons. The highest BCUT2D eigenvalue weighted by atomic mass is 19.4. The quantitative estimate of drug-likeness (QED) is 0.403. The van der Waals surface area contributed by atoms with Crippen LogP contribution >= 0.6 is 0 Å². The highest BCUT2D eigenvalue weighted by Gasteiger charge is 2.30. The first-order valence-electron chi connectivity index (χ1n) is 10.1. The van der Waals surface area contributed by atoms with Crippen molar-refractivity contribution in [3.63, 3.8) is 0 Å². The first-order valence-corrected chi connectivity index (χ1v) is 10.1. The molecule has 4 rings (SSSR count). The number of hydrogen-bond acceptors (Lipinski definition) is 5. The number of carbonyl (C=O) groups excluding carboxylic acids is 1. The van der Waals surface area contributed by atoms with E-state index in [2.05, 4.69) is 5.32 Å². The molecule has 0 bridgehead atoms. The van der Waals surface area contributed by atoms with Crippen LogP contribution in [0.25, 0.3) is 22.3 Å². The third-order valence-electron chi connectivity index (χ3n) is 4.92. The van der Waals surface area contributed by atoms with E-state index in [1.54, 1.807) is 37.4 Å². The molecule has 0 aliphatic rings. The van der Waals surface area contributed by atoms with Gasteiger partial charge in [0.15, 0.2) is 12.0 Å². The standard InChI is InChI=1S/C25H18F3NO5/c1-32-18-7-5-15(6-8-18)23-13-21(30)20-12-19(9-10-22(20)34-23)33-14-24(31)29-17-4-2-3-16(11-17)25(26,27)28/h2-13H,14H2,1H3,(H,29,31). The van der Waals surface area contributed by atoms with Crippen LogP contribution in [-0.4, -0.2) is 19.6 Å². The number of hydrogen-bond donors (Lipinski definition) is 1. The third-order valence-corrected chi connectivity index (χ3v) is 4.92. The number of ether oxygens (including phenoxy) is 2. The van der Waals surface area contributed by atoms with Gasteiger partial charge >= 0.3 is 6.18 Å². The van der Waals surface area contributed by atoms with E-state index >= 15 is 0 Å². The average molecular weight is 469 g/mol. The van der Waals surface area contributed by atoms with Gasteiger partial charge in [-0.3, -0.25) is 9.59 Å². The minimum atomic E-state index is -4.52. The minimum Gasteiger partial charge on any atom is -0.497 e. The molecule has 0 fully saturated rings. The van der Waals surface area contributed by atoms with Gasteiger partial charge in [-0.2, -0.15) is 13.2 Å². The van der Waals surface area contributed by atoms with Crippen molar-refractivity contribution in [3.05, 3.63) is 88.6 Å². The summed E-state index contributed by atoms with van der Waals surface area (Å²) >= 11 is 0. The fourth-order valence-corrected chi connectivity index (χ4v) is 3.24. The van der Waals surface area contributed by atoms with Gasteiger partial charge in [-0.1, -0.05) is 6.07 Å². The largest absolute Gasteiger partial charge is 0.497 e. The number of halogens is 3. The van der Waals surface area contributed by atoms with Gasteiger partial charge in [0.05, 0.1) is 18.1 Å². The molecule has 34 heavy (non-hydrogen) atoms. The second-order valence-corrected chi connectivity index (χ2v) is 7.28. The minimum absolute atomic E-state index is 0.00589. The zero-order valence-corrected chi connectivity index (χ0v) is 17.8. The van der Waals surface area contributed by atoms with Crippen molar-refractivity contribution >= 4 is 22.6 Å². The number of nitrogens with one attached hydrogen (secondary N) is 1. The maximum Gasteiger partial charge on any atom is 0.416 e. The molecule has 0 aliphatic heterocycles. The Labute approximate surface area is 191 Å². The fourth-order valence-electron chi connectivity index (χ4n) is 3.24. The zero-order valence-electron chi connectivity index (χ0n) is 17.8. The number of rotatable bonds is 6. The molecular weight excluding hydrogens is 451 g/mol. The van der Waals surface area contributed by atoms with E-state index in [-0.39, 0.29) is 22.3 Å². The highest BCUT2D eigenvalue weighted by Crippen LogP contribution is 2.31. The number of amides is 1. The Morgan fingerprint density at radius 1 is 0.971 bits per heavy atom. The Morgan fingerprint density at radius 2 is 1.71 bits per heavy atom. The number of fused-ring (bicyclic) bond motifs is 1. The van der Waals surface area contributed by atoms with E-state index in [4.69, 9.17) is 13.9 Å². The Kier molecular flexibility index (Phi) is 6.27. The summed E-state index contributed by atoms with van der Waals surface area (Å²) < 4.78 is 54.8. The van der Waals surface area contributed by atoms with Crippen LogP contribution in [-0.2, 0) is 11.0 Å².